The Labute approximate surface area is 156 Å². The molecule has 0 saturated heterocycles. The molecule has 3 aromatic rings. The third kappa shape index (κ3) is 3.84. The first-order valence-corrected chi connectivity index (χ1v) is 8.65. The first-order chi connectivity index (χ1) is 13.2. The maximum absolute atomic E-state index is 12.3. The second-order valence-electron chi connectivity index (χ2n) is 6.26. The van der Waals surface area contributed by atoms with Gasteiger partial charge in [-0.05, 0) is 41.5 Å². The van der Waals surface area contributed by atoms with Crippen LogP contribution in [0.5, 0.6) is 5.75 Å². The van der Waals surface area contributed by atoms with Crippen molar-refractivity contribution in [2.24, 2.45) is 0 Å². The lowest BCUT2D eigenvalue weighted by Gasteiger charge is -2.12. The summed E-state index contributed by atoms with van der Waals surface area (Å²) in [5.74, 6) is 0.582. The maximum Gasteiger partial charge on any atom is 0.291 e. The fourth-order valence-electron chi connectivity index (χ4n) is 2.94. The highest BCUT2D eigenvalue weighted by atomic mass is 16.5. The van der Waals surface area contributed by atoms with Gasteiger partial charge in [0.05, 0.1) is 6.26 Å². The van der Waals surface area contributed by atoms with Crippen LogP contribution in [-0.2, 0) is 17.8 Å². The predicted octanol–water partition coefficient (Wildman–Crippen LogP) is 3.15. The van der Waals surface area contributed by atoms with Crippen molar-refractivity contribution in [3.63, 3.8) is 0 Å². The molecule has 0 unspecified atom stereocenters. The molecule has 6 heteroatoms. The van der Waals surface area contributed by atoms with E-state index in [-0.39, 0.29) is 17.6 Å². The lowest BCUT2D eigenvalue weighted by atomic mass is 10.1. The average Bonchev–Trinajstić information content (AvgIpc) is 3.37. The summed E-state index contributed by atoms with van der Waals surface area (Å²) in [6, 6.07) is 18.2. The van der Waals surface area contributed by atoms with Crippen molar-refractivity contribution in [2.75, 3.05) is 5.32 Å². The molecule has 0 aliphatic carbocycles. The molecule has 2 heterocycles. The Kier molecular flexibility index (Phi) is 4.61. The molecule has 0 bridgehead atoms. The molecule has 6 nitrogen and oxygen atoms in total. The van der Waals surface area contributed by atoms with Crippen LogP contribution < -0.4 is 15.4 Å². The molecule has 0 fully saturated rings. The smallest absolute Gasteiger partial charge is 0.291 e. The van der Waals surface area contributed by atoms with Gasteiger partial charge >= 0.3 is 0 Å². The van der Waals surface area contributed by atoms with Gasteiger partial charge in [-0.1, -0.05) is 30.3 Å². The lowest BCUT2D eigenvalue weighted by molar-refractivity contribution is -0.127. The SMILES string of the molecule is O=C(Nc1ccc(CNC(=O)[C@@H]2Cc3ccccc3O2)cc1)c1ccco1. The number of anilines is 1. The van der Waals surface area contributed by atoms with Crippen LogP contribution in [0.4, 0.5) is 5.69 Å². The highest BCUT2D eigenvalue weighted by molar-refractivity contribution is 6.02. The molecule has 1 atom stereocenters. The van der Waals surface area contributed by atoms with Gasteiger partial charge in [0.15, 0.2) is 11.9 Å². The van der Waals surface area contributed by atoms with Gasteiger partial charge in [0.25, 0.3) is 11.8 Å². The summed E-state index contributed by atoms with van der Waals surface area (Å²) in [4.78, 5) is 24.3. The third-order valence-corrected chi connectivity index (χ3v) is 4.36. The van der Waals surface area contributed by atoms with Crippen LogP contribution >= 0.6 is 0 Å². The maximum atomic E-state index is 12.3. The summed E-state index contributed by atoms with van der Waals surface area (Å²) < 4.78 is 10.7. The van der Waals surface area contributed by atoms with Crippen molar-refractivity contribution < 1.29 is 18.7 Å². The molecule has 136 valence electrons. The van der Waals surface area contributed by atoms with E-state index >= 15 is 0 Å². The molecule has 0 radical (unpaired) electrons. The number of nitrogens with one attached hydrogen (secondary N) is 2. The van der Waals surface area contributed by atoms with Crippen LogP contribution in [0.2, 0.25) is 0 Å². The zero-order chi connectivity index (χ0) is 18.6. The Balaban J connectivity index is 1.29. The van der Waals surface area contributed by atoms with Crippen molar-refractivity contribution in [3.05, 3.63) is 83.8 Å². The van der Waals surface area contributed by atoms with Crippen molar-refractivity contribution in [2.45, 2.75) is 19.1 Å². The van der Waals surface area contributed by atoms with Crippen molar-refractivity contribution in [3.8, 4) is 5.75 Å². The van der Waals surface area contributed by atoms with E-state index in [0.29, 0.717) is 18.7 Å². The summed E-state index contributed by atoms with van der Waals surface area (Å²) in [6.45, 7) is 0.390. The number of para-hydroxylation sites is 1. The fraction of sp³-hybridized carbons (Fsp3) is 0.143. The normalized spacial score (nSPS) is 14.9. The Hall–Kier alpha value is -3.54. The van der Waals surface area contributed by atoms with Crippen molar-refractivity contribution >= 4 is 17.5 Å². The lowest BCUT2D eigenvalue weighted by Crippen LogP contribution is -2.37. The van der Waals surface area contributed by atoms with Crippen LogP contribution in [-0.4, -0.2) is 17.9 Å². The first-order valence-electron chi connectivity index (χ1n) is 8.65. The van der Waals surface area contributed by atoms with Crippen molar-refractivity contribution in [1.82, 2.24) is 5.32 Å². The minimum atomic E-state index is -0.491. The first kappa shape index (κ1) is 16.9. The molecule has 27 heavy (non-hydrogen) atoms. The topological polar surface area (TPSA) is 80.6 Å². The number of amides is 2. The van der Waals surface area contributed by atoms with Gasteiger partial charge in [0.1, 0.15) is 5.75 Å². The summed E-state index contributed by atoms with van der Waals surface area (Å²) in [6.07, 6.45) is 1.54. The van der Waals surface area contributed by atoms with E-state index in [1.165, 1.54) is 6.26 Å². The Morgan fingerprint density at radius 1 is 1.00 bits per heavy atom. The van der Waals surface area contributed by atoms with E-state index in [4.69, 9.17) is 9.15 Å². The summed E-state index contributed by atoms with van der Waals surface area (Å²) in [5.41, 5.74) is 2.63. The molecule has 2 amide bonds. The molecule has 1 aliphatic rings. The van der Waals surface area contributed by atoms with Gasteiger partial charge in [-0.15, -0.1) is 0 Å². The summed E-state index contributed by atoms with van der Waals surface area (Å²) >= 11 is 0. The standard InChI is InChI=1S/C21H18N2O4/c24-20(19-12-15-4-1-2-5-17(15)27-19)22-13-14-7-9-16(10-8-14)23-21(25)18-6-3-11-26-18/h1-11,19H,12-13H2,(H,22,24)(H,23,25)/t19-/m0/s1. The molecular weight excluding hydrogens is 344 g/mol. The summed E-state index contributed by atoms with van der Waals surface area (Å²) in [5, 5.41) is 5.64. The van der Waals surface area contributed by atoms with Gasteiger partial charge in [-0.25, -0.2) is 0 Å². The minimum Gasteiger partial charge on any atom is -0.480 e. The van der Waals surface area contributed by atoms with Crippen LogP contribution in [0, 0.1) is 0 Å². The summed E-state index contributed by atoms with van der Waals surface area (Å²) in [7, 11) is 0. The fourth-order valence-corrected chi connectivity index (χ4v) is 2.94. The quantitative estimate of drug-likeness (QED) is 0.731. The van der Waals surface area contributed by atoms with Crippen LogP contribution in [0.25, 0.3) is 0 Å². The van der Waals surface area contributed by atoms with E-state index in [0.717, 1.165) is 16.9 Å². The molecule has 2 N–H and O–H groups in total. The zero-order valence-corrected chi connectivity index (χ0v) is 14.5. The Morgan fingerprint density at radius 3 is 2.56 bits per heavy atom. The number of carbonyl (C=O) groups excluding carboxylic acids is 2. The second kappa shape index (κ2) is 7.37. The van der Waals surface area contributed by atoms with Crippen LogP contribution in [0.15, 0.2) is 71.3 Å². The van der Waals surface area contributed by atoms with E-state index < -0.39 is 6.10 Å². The highest BCUT2D eigenvalue weighted by Gasteiger charge is 2.28. The zero-order valence-electron chi connectivity index (χ0n) is 14.5. The van der Waals surface area contributed by atoms with Gasteiger partial charge in [-0.3, -0.25) is 9.59 Å². The largest absolute Gasteiger partial charge is 0.480 e. The number of hydrogen-bond donors (Lipinski definition) is 2. The van der Waals surface area contributed by atoms with Crippen LogP contribution in [0.1, 0.15) is 21.7 Å². The predicted molar refractivity (Wildman–Crippen MR) is 99.5 cm³/mol. The van der Waals surface area contributed by atoms with Gasteiger partial charge < -0.3 is 19.8 Å². The van der Waals surface area contributed by atoms with Gasteiger partial charge in [0.2, 0.25) is 0 Å². The van der Waals surface area contributed by atoms with Crippen molar-refractivity contribution in [1.29, 1.82) is 0 Å². The van der Waals surface area contributed by atoms with Crippen LogP contribution in [0.3, 0.4) is 0 Å². The molecule has 1 aromatic heterocycles. The molecule has 0 spiro atoms. The van der Waals surface area contributed by atoms with E-state index in [1.54, 1.807) is 24.3 Å². The monoisotopic (exact) mass is 362 g/mol. The molecule has 4 rings (SSSR count). The van der Waals surface area contributed by atoms with E-state index in [9.17, 15) is 9.59 Å². The number of ether oxygens (including phenoxy) is 1. The molecule has 1 aliphatic heterocycles. The number of rotatable bonds is 5. The highest BCUT2D eigenvalue weighted by Crippen LogP contribution is 2.28. The number of carbonyl (C=O) groups is 2. The molecule has 2 aromatic carbocycles. The number of fused-ring (bicyclic) bond motifs is 1. The van der Waals surface area contributed by atoms with E-state index in [2.05, 4.69) is 10.6 Å². The van der Waals surface area contributed by atoms with Gasteiger partial charge in [-0.2, -0.15) is 0 Å². The number of benzene rings is 2. The van der Waals surface area contributed by atoms with E-state index in [1.807, 2.05) is 36.4 Å². The molecular formula is C21H18N2O4. The number of hydrogen-bond acceptors (Lipinski definition) is 4. The average molecular weight is 362 g/mol. The Bertz CT molecular complexity index is 924. The molecule has 0 saturated carbocycles. The van der Waals surface area contributed by atoms with Gasteiger partial charge in [0, 0.05) is 18.7 Å². The third-order valence-electron chi connectivity index (χ3n) is 4.36. The second-order valence-corrected chi connectivity index (χ2v) is 6.26. The number of furan rings is 1. The minimum absolute atomic E-state index is 0.138. The Morgan fingerprint density at radius 2 is 1.81 bits per heavy atom.